The average Bonchev–Trinajstić information content (AvgIpc) is 2.64. The maximum atomic E-state index is 9.30. The summed E-state index contributed by atoms with van der Waals surface area (Å²) in [7, 11) is 1.26. The van der Waals surface area contributed by atoms with Crippen LogP contribution in [0.1, 0.15) is 58.3 Å². The quantitative estimate of drug-likeness (QED) is 0.783. The Kier molecular flexibility index (Phi) is 1.27. The second-order valence-corrected chi connectivity index (χ2v) is 5.77. The number of likely N-dealkylation sites (N-methyl/N-ethyl adjacent to an activating group) is 1. The minimum absolute atomic E-state index is 0.0811. The van der Waals surface area contributed by atoms with E-state index in [9.17, 15) is 1.37 Å². The molecule has 1 aromatic carbocycles. The number of hydrogen-bond acceptors (Lipinski definition) is 2. The lowest BCUT2D eigenvalue weighted by molar-refractivity contribution is 0.00274. The van der Waals surface area contributed by atoms with E-state index < -0.39 is 37.2 Å². The van der Waals surface area contributed by atoms with Crippen LogP contribution < -0.4 is 4.74 Å². The van der Waals surface area contributed by atoms with Crippen molar-refractivity contribution in [1.29, 1.82) is 0 Å². The molecule has 4 rings (SSSR count). The van der Waals surface area contributed by atoms with Gasteiger partial charge in [-0.1, -0.05) is 18.9 Å². The van der Waals surface area contributed by atoms with E-state index in [1.165, 1.54) is 7.11 Å². The van der Waals surface area contributed by atoms with Gasteiger partial charge in [-0.25, -0.2) is 0 Å². The highest BCUT2D eigenvalue weighted by Crippen LogP contribution is 2.55. The molecule has 0 spiro atoms. The number of fused-ring (bicyclic) bond motifs is 1. The summed E-state index contributed by atoms with van der Waals surface area (Å²) in [5.74, 6) is -1.08. The van der Waals surface area contributed by atoms with E-state index in [1.54, 1.807) is 0 Å². The van der Waals surface area contributed by atoms with E-state index in [0.717, 1.165) is 0 Å². The number of ether oxygens (including phenoxy) is 1. The van der Waals surface area contributed by atoms with E-state index in [-0.39, 0.29) is 47.8 Å². The molecule has 3 aliphatic rings. The van der Waals surface area contributed by atoms with Crippen molar-refractivity contribution in [2.24, 2.45) is 5.92 Å². The van der Waals surface area contributed by atoms with Gasteiger partial charge in [0.1, 0.15) is 5.75 Å². The van der Waals surface area contributed by atoms with E-state index in [4.69, 9.17) is 18.4 Å². The number of nitrogens with zero attached hydrogens (tertiary/aromatic N) is 1. The Labute approximate surface area is 137 Å². The molecule has 1 aromatic rings. The number of benzene rings is 1. The summed E-state index contributed by atoms with van der Waals surface area (Å²) in [6.45, 7) is -6.13. The van der Waals surface area contributed by atoms with Crippen molar-refractivity contribution in [2.75, 3.05) is 20.6 Å². The first-order valence-corrected chi connectivity index (χ1v) is 7.08. The van der Waals surface area contributed by atoms with Gasteiger partial charge in [-0.15, -0.1) is 0 Å². The Bertz CT molecular complexity index is 946. The highest BCUT2D eigenvalue weighted by atomic mass is 16.5. The SMILES string of the molecule is [2H]c1c([2H])c(OC)c([2H])c2c1C[C@@]1([2H])C3CCCC[C@@]23C([2H])([2H])C([2H])([2H])N1C([2H])([2H])[2H]. The fourth-order valence-corrected chi connectivity index (χ4v) is 3.93. The highest BCUT2D eigenvalue weighted by Gasteiger charge is 2.53. The van der Waals surface area contributed by atoms with E-state index in [1.807, 2.05) is 0 Å². The van der Waals surface area contributed by atoms with Crippen LogP contribution >= 0.6 is 0 Å². The van der Waals surface area contributed by atoms with Gasteiger partial charge in [0.15, 0.2) is 0 Å². The third-order valence-corrected chi connectivity index (χ3v) is 4.86. The smallest absolute Gasteiger partial charge is 0.119 e. The molecule has 2 aliphatic carbocycles. The van der Waals surface area contributed by atoms with Crippen LogP contribution in [0, 0.1) is 5.92 Å². The van der Waals surface area contributed by atoms with Gasteiger partial charge < -0.3 is 9.64 Å². The summed E-state index contributed by atoms with van der Waals surface area (Å²) in [5, 5.41) is 0. The molecular weight excluding hydrogens is 246 g/mol. The summed E-state index contributed by atoms with van der Waals surface area (Å²) in [4.78, 5) is 0.376. The molecule has 3 atom stereocenters. The zero-order valence-corrected chi connectivity index (χ0v) is 11.5. The molecule has 1 unspecified atom stereocenters. The maximum Gasteiger partial charge on any atom is 0.119 e. The zero-order chi connectivity index (χ0) is 23.4. The fraction of sp³-hybridized carbons (Fsp3) is 0.667. The maximum absolute atomic E-state index is 9.30. The molecule has 0 radical (unpaired) electrons. The van der Waals surface area contributed by atoms with Crippen LogP contribution in [0.5, 0.6) is 5.75 Å². The van der Waals surface area contributed by atoms with Crippen molar-refractivity contribution in [1.82, 2.24) is 4.90 Å². The van der Waals surface area contributed by atoms with Gasteiger partial charge >= 0.3 is 0 Å². The fourth-order valence-electron chi connectivity index (χ4n) is 3.93. The second-order valence-electron chi connectivity index (χ2n) is 5.77. The number of rotatable bonds is 1. The Morgan fingerprint density at radius 3 is 3.35 bits per heavy atom. The molecule has 108 valence electrons. The number of likely N-dealkylation sites (tertiary alicyclic amines) is 1. The number of hydrogen-bond donors (Lipinski definition) is 0. The van der Waals surface area contributed by atoms with Crippen LogP contribution in [-0.2, 0) is 11.8 Å². The molecule has 20 heavy (non-hydrogen) atoms. The molecule has 1 heterocycles. The van der Waals surface area contributed by atoms with Gasteiger partial charge in [-0.3, -0.25) is 0 Å². The molecular formula is C18H25NO. The van der Waals surface area contributed by atoms with Crippen molar-refractivity contribution >= 4 is 0 Å². The lowest BCUT2D eigenvalue weighted by atomic mass is 9.52. The van der Waals surface area contributed by atoms with Crippen LogP contribution in [0.25, 0.3) is 0 Å². The Morgan fingerprint density at radius 1 is 1.55 bits per heavy atom. The lowest BCUT2D eigenvalue weighted by Crippen LogP contribution is -2.59. The molecule has 1 aliphatic heterocycles. The van der Waals surface area contributed by atoms with Crippen LogP contribution in [0.15, 0.2) is 18.1 Å². The second kappa shape index (κ2) is 4.49. The first-order valence-electron chi connectivity index (χ1n) is 12.6. The molecule has 2 nitrogen and oxygen atoms in total. The van der Waals surface area contributed by atoms with Crippen molar-refractivity contribution in [3.8, 4) is 5.75 Å². The summed E-state index contributed by atoms with van der Waals surface area (Å²) in [6.07, 6.45) is -1.57. The lowest BCUT2D eigenvalue weighted by Gasteiger charge is -2.58. The molecule has 1 saturated carbocycles. The van der Waals surface area contributed by atoms with Crippen LogP contribution in [-0.4, -0.2) is 31.5 Å². The molecule has 0 N–H and O–H groups in total. The van der Waals surface area contributed by atoms with Crippen LogP contribution in [0.3, 0.4) is 0 Å². The average molecular weight is 282 g/mol. The Balaban J connectivity index is 2.20. The Morgan fingerprint density at radius 2 is 2.50 bits per heavy atom. The van der Waals surface area contributed by atoms with Crippen molar-refractivity contribution in [2.45, 2.75) is 49.9 Å². The first-order chi connectivity index (χ1) is 14.1. The van der Waals surface area contributed by atoms with Gasteiger partial charge in [-0.2, -0.15) is 0 Å². The summed E-state index contributed by atoms with van der Waals surface area (Å²) in [6, 6.07) is -3.03. The summed E-state index contributed by atoms with van der Waals surface area (Å²) >= 11 is 0. The number of piperidine rings is 1. The molecule has 2 fully saturated rings. The largest absolute Gasteiger partial charge is 0.497 e. The predicted octanol–water partition coefficient (Wildman–Crippen LogP) is 3.38. The summed E-state index contributed by atoms with van der Waals surface area (Å²) in [5.41, 5.74) is -1.49. The topological polar surface area (TPSA) is 12.5 Å². The number of methoxy groups -OCH3 is 1. The zero-order valence-electron chi connectivity index (χ0n) is 22.5. The Hall–Kier alpha value is -1.02. The van der Waals surface area contributed by atoms with Gasteiger partial charge in [0.25, 0.3) is 0 Å². The molecule has 2 heteroatoms. The molecule has 0 aromatic heterocycles. The van der Waals surface area contributed by atoms with E-state index in [0.29, 0.717) is 24.2 Å². The first kappa shape index (κ1) is 5.64. The predicted molar refractivity (Wildman–Crippen MR) is 81.4 cm³/mol. The molecule has 2 bridgehead atoms. The normalized spacial score (nSPS) is 53.5. The monoisotopic (exact) mass is 282 g/mol. The minimum atomic E-state index is -3.10. The van der Waals surface area contributed by atoms with Crippen molar-refractivity contribution in [3.05, 3.63) is 29.3 Å². The molecule has 0 amide bonds. The van der Waals surface area contributed by atoms with Gasteiger partial charge in [0, 0.05) is 22.4 Å². The third kappa shape index (κ3) is 1.60. The standard InChI is InChI=1S/C18H25NO/c1-19-10-9-18-8-4-3-5-15(18)17(19)11-13-6-7-14(20-2)12-16(13)18/h6-7,12,15,17H,3-5,8-11H2,1-2H3/t15?,17-,18-/m0/s1/i1D3,6D,7D,9D2,10D2,12D,17D. The van der Waals surface area contributed by atoms with Crippen LogP contribution in [0.2, 0.25) is 0 Å². The van der Waals surface area contributed by atoms with Crippen molar-refractivity contribution < 1.29 is 19.8 Å². The van der Waals surface area contributed by atoms with Gasteiger partial charge in [-0.05, 0) is 68.2 Å². The van der Waals surface area contributed by atoms with E-state index >= 15 is 0 Å². The van der Waals surface area contributed by atoms with Crippen molar-refractivity contribution in [3.63, 3.8) is 0 Å². The minimum Gasteiger partial charge on any atom is -0.497 e. The van der Waals surface area contributed by atoms with Gasteiger partial charge in [0.2, 0.25) is 0 Å². The molecule has 1 saturated heterocycles. The highest BCUT2D eigenvalue weighted by molar-refractivity contribution is 5.45. The summed E-state index contributed by atoms with van der Waals surface area (Å²) < 4.78 is 99.3. The third-order valence-electron chi connectivity index (χ3n) is 4.86. The van der Waals surface area contributed by atoms with E-state index in [2.05, 4.69) is 0 Å². The van der Waals surface area contributed by atoms with Crippen LogP contribution in [0.4, 0.5) is 0 Å². The van der Waals surface area contributed by atoms with Gasteiger partial charge in [0.05, 0.1) is 11.2 Å².